The summed E-state index contributed by atoms with van der Waals surface area (Å²) in [5, 5.41) is 0. The van der Waals surface area contributed by atoms with Crippen LogP contribution in [0.1, 0.15) is 128 Å². The van der Waals surface area contributed by atoms with Gasteiger partial charge in [0.25, 0.3) is 0 Å². The molecule has 5 unspecified atom stereocenters. The van der Waals surface area contributed by atoms with E-state index < -0.39 is 0 Å². The molecule has 244 valence electrons. The van der Waals surface area contributed by atoms with E-state index in [1.165, 1.54) is 44.1 Å². The minimum absolute atomic E-state index is 0.377. The molecule has 0 saturated heterocycles. The summed E-state index contributed by atoms with van der Waals surface area (Å²) in [6, 6.07) is 10.3. The number of allylic oxidation sites excluding steroid dienone is 1. The van der Waals surface area contributed by atoms with Crippen molar-refractivity contribution in [2.45, 2.75) is 128 Å². The quantitative estimate of drug-likeness (QED) is 0.344. The lowest BCUT2D eigenvalue weighted by molar-refractivity contribution is -0.116. The second-order valence-corrected chi connectivity index (χ2v) is 12.0. The second-order valence-electron chi connectivity index (χ2n) is 12.0. The lowest BCUT2D eigenvalue weighted by Crippen LogP contribution is -2.49. The van der Waals surface area contributed by atoms with Gasteiger partial charge in [0.1, 0.15) is 5.75 Å². The zero-order valence-corrected chi connectivity index (χ0v) is 30.3. The largest absolute Gasteiger partial charge is 0.494 e. The maximum Gasteiger partial charge on any atom is 0.155 e. The standard InChI is InChI=1S/C27H36O2.C4H11N.4C2H6/c1-18-16-19-17-21(28)9-10-23(19)24-12-14-27(2)20(8-11-25(27)26(18)24)13-15-29-22-6-4-3-5-7-22;1-4-5(2)3;4*1-2/h3-7,17-18,20,23-26H,8-16H2,1-2H3;4H2,1-3H3;4*1-2H3/t18-,20-,23?,24?,25?,26?,27?;;;;;/m1...../s1. The molecule has 3 heteroatoms. The van der Waals surface area contributed by atoms with E-state index in [9.17, 15) is 4.79 Å². The van der Waals surface area contributed by atoms with Crippen molar-refractivity contribution in [3.05, 3.63) is 42.0 Å². The molecule has 5 rings (SSSR count). The van der Waals surface area contributed by atoms with Crippen LogP contribution in [-0.2, 0) is 4.79 Å². The van der Waals surface area contributed by atoms with E-state index in [1.807, 2.05) is 67.5 Å². The van der Waals surface area contributed by atoms with Crippen LogP contribution >= 0.6 is 0 Å². The van der Waals surface area contributed by atoms with Gasteiger partial charge in [0.05, 0.1) is 6.61 Å². The third kappa shape index (κ3) is 10.8. The lowest BCUT2D eigenvalue weighted by atomic mass is 9.49. The van der Waals surface area contributed by atoms with Crippen LogP contribution in [0.3, 0.4) is 0 Å². The van der Waals surface area contributed by atoms with Crippen LogP contribution in [-0.4, -0.2) is 37.9 Å². The Morgan fingerprint density at radius 3 is 2.07 bits per heavy atom. The molecule has 3 saturated carbocycles. The van der Waals surface area contributed by atoms with Crippen LogP contribution < -0.4 is 4.74 Å². The van der Waals surface area contributed by atoms with Gasteiger partial charge in [-0.05, 0) is 125 Å². The molecule has 0 aliphatic heterocycles. The van der Waals surface area contributed by atoms with E-state index in [1.54, 1.807) is 0 Å². The van der Waals surface area contributed by atoms with Gasteiger partial charge in [0, 0.05) is 6.42 Å². The zero-order chi connectivity index (χ0) is 32.3. The molecular weight excluding hydrogens is 514 g/mol. The van der Waals surface area contributed by atoms with E-state index in [0.29, 0.717) is 17.1 Å². The molecule has 4 aliphatic carbocycles. The number of hydrogen-bond donors (Lipinski definition) is 0. The number of carbonyl (C=O) groups is 1. The highest BCUT2D eigenvalue weighted by Crippen LogP contribution is 2.65. The summed E-state index contributed by atoms with van der Waals surface area (Å²) in [7, 11) is 4.11. The molecule has 3 fully saturated rings. The monoisotopic (exact) mass is 586 g/mol. The first-order valence-corrected chi connectivity index (χ1v) is 17.9. The smallest absolute Gasteiger partial charge is 0.155 e. The van der Waals surface area contributed by atoms with E-state index in [-0.39, 0.29) is 0 Å². The Hall–Kier alpha value is -1.61. The molecular formula is C39H71NO2. The number of rotatable bonds is 5. The maximum absolute atomic E-state index is 12.0. The number of nitrogens with zero attached hydrogens (tertiary/aromatic N) is 1. The lowest BCUT2D eigenvalue weighted by Gasteiger charge is -2.56. The van der Waals surface area contributed by atoms with Crippen molar-refractivity contribution in [2.75, 3.05) is 27.2 Å². The fraction of sp³-hybridized carbons (Fsp3) is 0.769. The molecule has 1 aromatic rings. The number of para-hydroxylation sites is 1. The van der Waals surface area contributed by atoms with Crippen molar-refractivity contribution in [3.8, 4) is 5.75 Å². The number of fused-ring (bicyclic) bond motifs is 5. The van der Waals surface area contributed by atoms with Crippen molar-refractivity contribution in [3.63, 3.8) is 0 Å². The summed E-state index contributed by atoms with van der Waals surface area (Å²) in [6.07, 6.45) is 11.8. The van der Waals surface area contributed by atoms with Gasteiger partial charge in [-0.1, -0.05) is 99.9 Å². The summed E-state index contributed by atoms with van der Waals surface area (Å²) >= 11 is 0. The van der Waals surface area contributed by atoms with E-state index in [4.69, 9.17) is 4.74 Å². The fourth-order valence-corrected chi connectivity index (χ4v) is 8.01. The van der Waals surface area contributed by atoms with Crippen LogP contribution in [0.5, 0.6) is 5.75 Å². The average molecular weight is 586 g/mol. The van der Waals surface area contributed by atoms with Gasteiger partial charge in [-0.3, -0.25) is 4.79 Å². The molecule has 3 nitrogen and oxygen atoms in total. The Morgan fingerprint density at radius 1 is 0.905 bits per heavy atom. The average Bonchev–Trinajstić information content (AvgIpc) is 3.37. The fourth-order valence-electron chi connectivity index (χ4n) is 8.01. The molecule has 0 spiro atoms. The van der Waals surface area contributed by atoms with Crippen LogP contribution in [0.2, 0.25) is 0 Å². The molecule has 0 aromatic heterocycles. The van der Waals surface area contributed by atoms with Gasteiger partial charge in [0.15, 0.2) is 5.78 Å². The Morgan fingerprint density at radius 2 is 1.50 bits per heavy atom. The highest BCUT2D eigenvalue weighted by molar-refractivity contribution is 5.91. The van der Waals surface area contributed by atoms with E-state index in [0.717, 1.165) is 61.3 Å². The molecule has 7 atom stereocenters. The zero-order valence-electron chi connectivity index (χ0n) is 30.3. The molecule has 4 aliphatic rings. The van der Waals surface area contributed by atoms with Gasteiger partial charge >= 0.3 is 0 Å². The van der Waals surface area contributed by atoms with Gasteiger partial charge in [-0.2, -0.15) is 0 Å². The van der Waals surface area contributed by atoms with Crippen LogP contribution in [0.4, 0.5) is 0 Å². The van der Waals surface area contributed by atoms with Crippen molar-refractivity contribution < 1.29 is 9.53 Å². The SMILES string of the molecule is CC.CC.CC.CC.CCN(C)C.C[C@@H]1CC2=CC(=O)CCC2C2CCC3(C)C(CC[C@@H]3CCOc3ccccc3)C21. The maximum atomic E-state index is 12.0. The molecule has 0 N–H and O–H groups in total. The highest BCUT2D eigenvalue weighted by atomic mass is 16.5. The summed E-state index contributed by atoms with van der Waals surface area (Å²) in [4.78, 5) is 14.1. The number of carbonyl (C=O) groups excluding carboxylic acids is 1. The summed E-state index contributed by atoms with van der Waals surface area (Å²) in [6.45, 7) is 25.2. The molecule has 0 amide bonds. The number of benzene rings is 1. The molecule has 42 heavy (non-hydrogen) atoms. The van der Waals surface area contributed by atoms with Crippen molar-refractivity contribution >= 4 is 5.78 Å². The number of ether oxygens (including phenoxy) is 1. The summed E-state index contributed by atoms with van der Waals surface area (Å²) < 4.78 is 6.06. The third-order valence-corrected chi connectivity index (χ3v) is 9.95. The second kappa shape index (κ2) is 22.0. The van der Waals surface area contributed by atoms with E-state index >= 15 is 0 Å². The van der Waals surface area contributed by atoms with E-state index in [2.05, 4.69) is 64.0 Å². The van der Waals surface area contributed by atoms with Gasteiger partial charge in [0.2, 0.25) is 0 Å². The molecule has 0 bridgehead atoms. The number of hydrogen-bond acceptors (Lipinski definition) is 3. The first-order valence-electron chi connectivity index (χ1n) is 17.9. The van der Waals surface area contributed by atoms with Crippen LogP contribution in [0.15, 0.2) is 42.0 Å². The minimum atomic E-state index is 0.377. The van der Waals surface area contributed by atoms with Gasteiger partial charge < -0.3 is 9.64 Å². The molecule has 1 aromatic carbocycles. The van der Waals surface area contributed by atoms with Gasteiger partial charge in [-0.15, -0.1) is 0 Å². The van der Waals surface area contributed by atoms with Crippen molar-refractivity contribution in [1.82, 2.24) is 4.90 Å². The molecule has 0 radical (unpaired) electrons. The predicted octanol–water partition coefficient (Wildman–Crippen LogP) is 11.1. The Bertz CT molecular complexity index is 847. The Labute approximate surface area is 263 Å². The van der Waals surface area contributed by atoms with Crippen LogP contribution in [0, 0.1) is 40.9 Å². The predicted molar refractivity (Wildman–Crippen MR) is 186 cm³/mol. The first kappa shape index (κ1) is 40.4. The van der Waals surface area contributed by atoms with Gasteiger partial charge in [-0.25, -0.2) is 0 Å². The molecule has 0 heterocycles. The third-order valence-electron chi connectivity index (χ3n) is 9.95. The first-order chi connectivity index (χ1) is 20.3. The van der Waals surface area contributed by atoms with Crippen LogP contribution in [0.25, 0.3) is 0 Å². The summed E-state index contributed by atoms with van der Waals surface area (Å²) in [5.41, 5.74) is 1.99. The highest BCUT2D eigenvalue weighted by Gasteiger charge is 2.57. The van der Waals surface area contributed by atoms with Crippen molar-refractivity contribution in [1.29, 1.82) is 0 Å². The summed E-state index contributed by atoms with van der Waals surface area (Å²) in [5.74, 6) is 6.19. The van der Waals surface area contributed by atoms with Crippen molar-refractivity contribution in [2.24, 2.45) is 40.9 Å². The topological polar surface area (TPSA) is 29.5 Å². The Balaban J connectivity index is 0.00000113. The Kier molecular flexibility index (Phi) is 21.1. The minimum Gasteiger partial charge on any atom is -0.494 e. The normalized spacial score (nSPS) is 30.1. The number of ketones is 1.